The average Bonchev–Trinajstić information content (AvgIpc) is 1.56. The van der Waals surface area contributed by atoms with E-state index in [9.17, 15) is 0 Å². The molecule has 6 nitrogen and oxygen atoms in total. The van der Waals surface area contributed by atoms with Crippen molar-refractivity contribution in [1.29, 1.82) is 0 Å². The van der Waals surface area contributed by atoms with E-state index in [4.69, 9.17) is 9.97 Å². The van der Waals surface area contributed by atoms with Gasteiger partial charge in [0, 0.05) is 89.6 Å². The van der Waals surface area contributed by atoms with Crippen LogP contribution in [-0.4, -0.2) is 28.7 Å². The van der Waals surface area contributed by atoms with E-state index in [1.165, 1.54) is 158 Å². The summed E-state index contributed by atoms with van der Waals surface area (Å²) >= 11 is 0. The third-order valence-corrected chi connectivity index (χ3v) is 24.1. The van der Waals surface area contributed by atoms with Gasteiger partial charge in [-0.3, -0.25) is 9.55 Å². The zero-order valence-electron chi connectivity index (χ0n) is 64.8. The lowest BCUT2D eigenvalue weighted by molar-refractivity contribution is 1.10. The molecule has 0 saturated heterocycles. The molecule has 0 atom stereocenters. The number of pyridine rings is 2. The number of aromatic nitrogens is 6. The van der Waals surface area contributed by atoms with Crippen LogP contribution >= 0.6 is 0 Å². The highest BCUT2D eigenvalue weighted by Gasteiger charge is 2.31. The second kappa shape index (κ2) is 28.6. The van der Waals surface area contributed by atoms with E-state index >= 15 is 0 Å². The summed E-state index contributed by atoms with van der Waals surface area (Å²) in [6.07, 6.45) is 3.65. The molecular formula is C113H72N6. The highest BCUT2D eigenvalue weighted by molar-refractivity contribution is 6.38. The first-order valence-corrected chi connectivity index (χ1v) is 40.7. The van der Waals surface area contributed by atoms with Crippen molar-refractivity contribution in [2.75, 3.05) is 0 Å². The van der Waals surface area contributed by atoms with E-state index in [-0.39, 0.29) is 0 Å². The van der Waals surface area contributed by atoms with Gasteiger partial charge in [-0.25, -0.2) is 9.97 Å². The van der Waals surface area contributed by atoms with Gasteiger partial charge < -0.3 is 9.13 Å². The maximum atomic E-state index is 5.27. The van der Waals surface area contributed by atoms with Gasteiger partial charge in [0.15, 0.2) is 0 Å². The molecule has 0 aliphatic heterocycles. The van der Waals surface area contributed by atoms with Crippen molar-refractivity contribution < 1.29 is 0 Å². The van der Waals surface area contributed by atoms with Crippen LogP contribution in [0.5, 0.6) is 0 Å². The van der Waals surface area contributed by atoms with Gasteiger partial charge in [0.2, 0.25) is 0 Å². The zero-order valence-corrected chi connectivity index (χ0v) is 64.8. The Morgan fingerprint density at radius 1 is 0.202 bits per heavy atom. The van der Waals surface area contributed by atoms with E-state index in [0.717, 1.165) is 67.6 Å². The van der Waals surface area contributed by atoms with Crippen molar-refractivity contribution in [2.45, 2.75) is 0 Å². The first-order valence-electron chi connectivity index (χ1n) is 40.7. The first-order chi connectivity index (χ1) is 59.1. The molecule has 0 saturated carbocycles. The largest absolute Gasteiger partial charge is 0.308 e. The fraction of sp³-hybridized carbons (Fsp3) is 0. The van der Waals surface area contributed by atoms with Crippen molar-refractivity contribution in [3.63, 3.8) is 0 Å². The Bertz CT molecular complexity index is 8110. The minimum atomic E-state index is 0.925. The van der Waals surface area contributed by atoms with Crippen LogP contribution in [0.4, 0.5) is 0 Å². The molecule has 0 radical (unpaired) electrons. The van der Waals surface area contributed by atoms with Gasteiger partial charge in [-0.05, 0) is 183 Å². The lowest BCUT2D eigenvalue weighted by Crippen LogP contribution is -1.98. The number of hydrogen-bond donors (Lipinski definition) is 0. The molecule has 0 spiro atoms. The highest BCUT2D eigenvalue weighted by Crippen LogP contribution is 2.55. The van der Waals surface area contributed by atoms with Crippen LogP contribution in [0.1, 0.15) is 0 Å². The molecule has 5 heterocycles. The van der Waals surface area contributed by atoms with Crippen LogP contribution in [-0.2, 0) is 0 Å². The third-order valence-electron chi connectivity index (χ3n) is 24.1. The Hall–Kier alpha value is -15.9. The Balaban J connectivity index is 0.000000141. The molecule has 0 fully saturated rings. The van der Waals surface area contributed by atoms with E-state index in [1.54, 1.807) is 0 Å². The second-order valence-electron chi connectivity index (χ2n) is 30.8. The van der Waals surface area contributed by atoms with Gasteiger partial charge in [0.1, 0.15) is 5.82 Å². The molecule has 0 aliphatic carbocycles. The average molecular weight is 1510 g/mol. The summed E-state index contributed by atoms with van der Waals surface area (Å²) < 4.78 is 7.35. The lowest BCUT2D eigenvalue weighted by Gasteiger charge is -2.17. The Kier molecular flexibility index (Phi) is 16.5. The molecule has 0 unspecified atom stereocenters. The maximum absolute atomic E-state index is 5.27. The van der Waals surface area contributed by atoms with Gasteiger partial charge in [-0.15, -0.1) is 0 Å². The first kappa shape index (κ1) is 68.7. The predicted octanol–water partition coefficient (Wildman–Crippen LogP) is 30.0. The predicted molar refractivity (Wildman–Crippen MR) is 500 cm³/mol. The summed E-state index contributed by atoms with van der Waals surface area (Å²) in [7, 11) is 0. The van der Waals surface area contributed by atoms with E-state index in [2.05, 4.69) is 431 Å². The van der Waals surface area contributed by atoms with E-state index in [0.29, 0.717) is 0 Å². The zero-order chi connectivity index (χ0) is 78.4. The van der Waals surface area contributed by atoms with Gasteiger partial charge in [0.05, 0.1) is 44.8 Å². The summed E-state index contributed by atoms with van der Waals surface area (Å²) in [4.78, 5) is 14.7. The fourth-order valence-corrected chi connectivity index (χ4v) is 18.9. The highest BCUT2D eigenvalue weighted by atomic mass is 15.1. The van der Waals surface area contributed by atoms with Crippen molar-refractivity contribution in [3.05, 3.63) is 437 Å². The number of hydrogen-bond acceptors (Lipinski definition) is 3. The summed E-state index contributed by atoms with van der Waals surface area (Å²) in [5.74, 6) is 0.925. The lowest BCUT2D eigenvalue weighted by atomic mass is 9.87. The normalized spacial score (nSPS) is 11.7. The quantitative estimate of drug-likeness (QED) is 0.121. The molecule has 0 N–H and O–H groups in total. The molecule has 24 rings (SSSR count). The van der Waals surface area contributed by atoms with Crippen LogP contribution in [0.15, 0.2) is 437 Å². The van der Waals surface area contributed by atoms with Crippen molar-refractivity contribution >= 4 is 119 Å². The van der Waals surface area contributed by atoms with Crippen LogP contribution in [0.3, 0.4) is 0 Å². The summed E-state index contributed by atoms with van der Waals surface area (Å²) in [6, 6.07) is 154. The molecule has 0 bridgehead atoms. The topological polar surface area (TPSA) is 53.5 Å². The van der Waals surface area contributed by atoms with Gasteiger partial charge >= 0.3 is 0 Å². The number of nitrogens with zero attached hydrogens (tertiary/aromatic N) is 6. The smallest absolute Gasteiger partial charge is 0.145 e. The molecule has 5 aromatic heterocycles. The van der Waals surface area contributed by atoms with Crippen molar-refractivity contribution in [3.8, 4) is 107 Å². The van der Waals surface area contributed by atoms with Crippen molar-refractivity contribution in [1.82, 2.24) is 28.7 Å². The van der Waals surface area contributed by atoms with Gasteiger partial charge in [0.25, 0.3) is 0 Å². The number of rotatable bonds is 11. The number of para-hydroxylation sites is 3. The summed E-state index contributed by atoms with van der Waals surface area (Å²) in [5.41, 5.74) is 24.8. The number of imidazole rings is 1. The minimum Gasteiger partial charge on any atom is -0.308 e. The standard InChI is InChI=1S/C61H39N3.C52H33N3/c1-4-19-42(20-5-1)56-58-57-50-28-14-12-26-48(50)52(41-32-34-44(35-33-41)61-62-54-30-16-17-31-55(54)63(61)46-24-8-3-9-25-46)39-53(57)49-27-13-15-29-51(49)60(58)64(59(56)43-21-6-2-7-22-43)47-37-36-40-18-10-11-23-45(40)38-47;1-3-15-36(16-4-1)48-50-49-42-22-11-9-20-40(42)44(47-25-13-24-46(54-47)35-28-30-53-31-29-35)33-45(49)41-21-10-12-23-43(41)52(50)55(51(48)37-17-5-2-6-18-37)39-27-26-34-14-7-8-19-38(34)32-39/h1-39H;1-33H. The van der Waals surface area contributed by atoms with Crippen LogP contribution in [0.25, 0.3) is 226 Å². The summed E-state index contributed by atoms with van der Waals surface area (Å²) in [6.45, 7) is 0. The van der Waals surface area contributed by atoms with Crippen LogP contribution < -0.4 is 0 Å². The number of benzene rings is 19. The molecule has 19 aromatic carbocycles. The van der Waals surface area contributed by atoms with Gasteiger partial charge in [-0.2, -0.15) is 0 Å². The van der Waals surface area contributed by atoms with Crippen molar-refractivity contribution in [2.24, 2.45) is 0 Å². The Labute approximate surface area is 687 Å². The third kappa shape index (κ3) is 11.4. The molecule has 24 aromatic rings. The van der Waals surface area contributed by atoms with E-state index < -0.39 is 0 Å². The molecule has 0 aliphatic rings. The number of fused-ring (bicyclic) bond motifs is 19. The van der Waals surface area contributed by atoms with Crippen LogP contribution in [0, 0.1) is 0 Å². The minimum absolute atomic E-state index is 0.925. The fourth-order valence-electron chi connectivity index (χ4n) is 18.9. The van der Waals surface area contributed by atoms with Gasteiger partial charge in [-0.1, -0.05) is 340 Å². The Morgan fingerprint density at radius 3 is 1.13 bits per heavy atom. The Morgan fingerprint density at radius 2 is 0.605 bits per heavy atom. The molecular weight excluding hydrogens is 1440 g/mol. The molecule has 119 heavy (non-hydrogen) atoms. The second-order valence-corrected chi connectivity index (χ2v) is 30.8. The maximum Gasteiger partial charge on any atom is 0.145 e. The SMILES string of the molecule is c1ccc(-c2c(-c3ccccc3)n(-c3ccc4ccccc4c3)c3c4ccccc4c4cc(-c5ccc(-c6nc7ccccc7n6-c6ccccc6)cc5)c5ccccc5c4c23)cc1.c1ccc(-c2c(-c3ccccc3)n(-c3ccc4ccccc4c3)c3c4ccccc4c4cc(-c5cccc(-c6ccncc6)n5)c5ccccc5c4c23)cc1. The van der Waals surface area contributed by atoms with Crippen LogP contribution in [0.2, 0.25) is 0 Å². The molecule has 554 valence electrons. The monoisotopic (exact) mass is 1510 g/mol. The molecule has 6 heteroatoms. The summed E-state index contributed by atoms with van der Waals surface area (Å²) in [5, 5.41) is 22.0. The van der Waals surface area contributed by atoms with E-state index in [1.807, 2.05) is 24.5 Å². The molecule has 0 amide bonds.